The van der Waals surface area contributed by atoms with Gasteiger partial charge in [0.15, 0.2) is 0 Å². The van der Waals surface area contributed by atoms with E-state index < -0.39 is 0 Å². The molecule has 1 saturated carbocycles. The molecule has 2 rings (SSSR count). The van der Waals surface area contributed by atoms with E-state index in [-0.39, 0.29) is 5.60 Å². The lowest BCUT2D eigenvalue weighted by Gasteiger charge is -2.35. The molecule has 20 heavy (non-hydrogen) atoms. The van der Waals surface area contributed by atoms with Crippen molar-refractivity contribution in [2.75, 3.05) is 6.54 Å². The molecule has 1 saturated heterocycles. The van der Waals surface area contributed by atoms with Crippen LogP contribution in [0.15, 0.2) is 0 Å². The minimum Gasteiger partial charge on any atom is -0.372 e. The Kier molecular flexibility index (Phi) is 5.92. The zero-order valence-corrected chi connectivity index (χ0v) is 14.1. The maximum atomic E-state index is 6.57. The predicted molar refractivity (Wildman–Crippen MR) is 86.0 cm³/mol. The van der Waals surface area contributed by atoms with Crippen LogP contribution in [0, 0.1) is 11.8 Å². The van der Waals surface area contributed by atoms with Crippen molar-refractivity contribution in [2.45, 2.75) is 96.8 Å². The average molecular weight is 281 g/mol. The Morgan fingerprint density at radius 3 is 2.40 bits per heavy atom. The van der Waals surface area contributed by atoms with Crippen LogP contribution in [-0.2, 0) is 4.74 Å². The van der Waals surface area contributed by atoms with Crippen LogP contribution in [0.5, 0.6) is 0 Å². The molecule has 1 aliphatic carbocycles. The van der Waals surface area contributed by atoms with E-state index in [9.17, 15) is 0 Å². The zero-order chi connectivity index (χ0) is 14.6. The van der Waals surface area contributed by atoms with E-state index >= 15 is 0 Å². The first kappa shape index (κ1) is 16.3. The van der Waals surface area contributed by atoms with Crippen LogP contribution in [0.1, 0.15) is 79.1 Å². The van der Waals surface area contributed by atoms with Gasteiger partial charge in [0.1, 0.15) is 0 Å². The minimum absolute atomic E-state index is 0.284. The molecule has 0 aromatic heterocycles. The van der Waals surface area contributed by atoms with Crippen molar-refractivity contribution in [3.05, 3.63) is 0 Å². The molecule has 2 aliphatic rings. The smallest absolute Gasteiger partial charge is 0.0687 e. The van der Waals surface area contributed by atoms with E-state index in [1.54, 1.807) is 0 Å². The molecule has 2 nitrogen and oxygen atoms in total. The van der Waals surface area contributed by atoms with Gasteiger partial charge in [-0.1, -0.05) is 40.0 Å². The Hall–Kier alpha value is -0.0800. The number of hydrogen-bond acceptors (Lipinski definition) is 2. The van der Waals surface area contributed by atoms with Crippen LogP contribution < -0.4 is 5.32 Å². The summed E-state index contributed by atoms with van der Waals surface area (Å²) in [5, 5.41) is 3.62. The number of ether oxygens (including phenoxy) is 1. The van der Waals surface area contributed by atoms with E-state index in [0.717, 1.165) is 18.4 Å². The lowest BCUT2D eigenvalue weighted by Crippen LogP contribution is -2.38. The second kappa shape index (κ2) is 7.26. The van der Waals surface area contributed by atoms with Gasteiger partial charge in [0.2, 0.25) is 0 Å². The van der Waals surface area contributed by atoms with E-state index in [4.69, 9.17) is 4.74 Å². The van der Waals surface area contributed by atoms with Gasteiger partial charge in [-0.05, 0) is 57.4 Å². The Labute approximate surface area is 126 Å². The fourth-order valence-corrected chi connectivity index (χ4v) is 4.46. The second-order valence-electron chi connectivity index (χ2n) is 7.51. The van der Waals surface area contributed by atoms with Gasteiger partial charge in [0.05, 0.1) is 11.7 Å². The minimum atomic E-state index is 0.284. The topological polar surface area (TPSA) is 21.3 Å². The number of hydrogen-bond donors (Lipinski definition) is 1. The Balaban J connectivity index is 1.88. The molecule has 118 valence electrons. The quantitative estimate of drug-likeness (QED) is 0.772. The van der Waals surface area contributed by atoms with E-state index in [1.807, 2.05) is 0 Å². The monoisotopic (exact) mass is 281 g/mol. The third-order valence-corrected chi connectivity index (χ3v) is 5.66. The van der Waals surface area contributed by atoms with Crippen molar-refractivity contribution in [3.8, 4) is 0 Å². The lowest BCUT2D eigenvalue weighted by molar-refractivity contribution is -0.0727. The van der Waals surface area contributed by atoms with E-state index in [2.05, 4.69) is 33.0 Å². The largest absolute Gasteiger partial charge is 0.372 e. The summed E-state index contributed by atoms with van der Waals surface area (Å²) in [4.78, 5) is 0. The fourth-order valence-electron chi connectivity index (χ4n) is 4.46. The van der Waals surface area contributed by atoms with Crippen LogP contribution >= 0.6 is 0 Å². The lowest BCUT2D eigenvalue weighted by atomic mass is 9.82. The van der Waals surface area contributed by atoms with Crippen molar-refractivity contribution in [2.24, 2.45) is 11.8 Å². The maximum Gasteiger partial charge on any atom is 0.0687 e. The molecule has 0 amide bonds. The third kappa shape index (κ3) is 3.98. The predicted octanol–water partition coefficient (Wildman–Crippen LogP) is 4.53. The SMILES string of the molecule is CCNC(C)C(CC1CCC2(CCCCC2)O1)C(C)C. The molecule has 1 heterocycles. The van der Waals surface area contributed by atoms with Crippen molar-refractivity contribution in [1.82, 2.24) is 5.32 Å². The van der Waals surface area contributed by atoms with Crippen LogP contribution in [0.2, 0.25) is 0 Å². The Bertz CT molecular complexity index is 283. The first-order valence-corrected chi connectivity index (χ1v) is 8.97. The van der Waals surface area contributed by atoms with Gasteiger partial charge in [0, 0.05) is 6.04 Å². The van der Waals surface area contributed by atoms with Gasteiger partial charge in [-0.2, -0.15) is 0 Å². The zero-order valence-electron chi connectivity index (χ0n) is 14.1. The molecule has 0 aromatic rings. The van der Waals surface area contributed by atoms with Gasteiger partial charge < -0.3 is 10.1 Å². The van der Waals surface area contributed by atoms with Gasteiger partial charge in [-0.3, -0.25) is 0 Å². The highest BCUT2D eigenvalue weighted by Crippen LogP contribution is 2.43. The maximum absolute atomic E-state index is 6.57. The summed E-state index contributed by atoms with van der Waals surface area (Å²) >= 11 is 0. The Morgan fingerprint density at radius 2 is 1.80 bits per heavy atom. The molecular weight excluding hydrogens is 246 g/mol. The summed E-state index contributed by atoms with van der Waals surface area (Å²) < 4.78 is 6.57. The molecule has 0 radical (unpaired) electrons. The second-order valence-corrected chi connectivity index (χ2v) is 7.51. The molecule has 0 aromatic carbocycles. The highest BCUT2D eigenvalue weighted by molar-refractivity contribution is 4.92. The fraction of sp³-hybridized carbons (Fsp3) is 1.00. The first-order valence-electron chi connectivity index (χ1n) is 8.97. The van der Waals surface area contributed by atoms with Crippen molar-refractivity contribution in [3.63, 3.8) is 0 Å². The van der Waals surface area contributed by atoms with Crippen LogP contribution in [-0.4, -0.2) is 24.3 Å². The third-order valence-electron chi connectivity index (χ3n) is 5.66. The molecule has 1 aliphatic heterocycles. The highest BCUT2D eigenvalue weighted by Gasteiger charge is 2.41. The summed E-state index contributed by atoms with van der Waals surface area (Å²) in [6.45, 7) is 10.4. The summed E-state index contributed by atoms with van der Waals surface area (Å²) in [5.74, 6) is 1.47. The van der Waals surface area contributed by atoms with Gasteiger partial charge in [0.25, 0.3) is 0 Å². The standard InChI is InChI=1S/C18H35NO/c1-5-19-15(4)17(14(2)3)13-16-9-12-18(20-16)10-7-6-8-11-18/h14-17,19H,5-13H2,1-4H3. The normalized spacial score (nSPS) is 28.9. The average Bonchev–Trinajstić information content (AvgIpc) is 2.79. The molecule has 0 bridgehead atoms. The number of nitrogens with one attached hydrogen (secondary N) is 1. The van der Waals surface area contributed by atoms with Crippen molar-refractivity contribution < 1.29 is 4.74 Å². The summed E-state index contributed by atoms with van der Waals surface area (Å²) in [7, 11) is 0. The molecule has 2 fully saturated rings. The summed E-state index contributed by atoms with van der Waals surface area (Å²) in [6, 6.07) is 0.603. The molecule has 3 unspecified atom stereocenters. The van der Waals surface area contributed by atoms with E-state index in [1.165, 1.54) is 51.4 Å². The van der Waals surface area contributed by atoms with Crippen LogP contribution in [0.3, 0.4) is 0 Å². The number of rotatable bonds is 6. The Morgan fingerprint density at radius 1 is 1.10 bits per heavy atom. The van der Waals surface area contributed by atoms with Gasteiger partial charge in [-0.15, -0.1) is 0 Å². The van der Waals surface area contributed by atoms with Crippen LogP contribution in [0.25, 0.3) is 0 Å². The highest BCUT2D eigenvalue weighted by atomic mass is 16.5. The molecule has 2 heteroatoms. The summed E-state index contributed by atoms with van der Waals surface area (Å²) in [6.07, 6.45) is 11.2. The van der Waals surface area contributed by atoms with Crippen LogP contribution in [0.4, 0.5) is 0 Å². The molecular formula is C18H35NO. The van der Waals surface area contributed by atoms with Gasteiger partial charge in [-0.25, -0.2) is 0 Å². The summed E-state index contributed by atoms with van der Waals surface area (Å²) in [5.41, 5.74) is 0.284. The van der Waals surface area contributed by atoms with Crippen molar-refractivity contribution in [1.29, 1.82) is 0 Å². The molecule has 1 N–H and O–H groups in total. The molecule has 1 spiro atoms. The van der Waals surface area contributed by atoms with Crippen molar-refractivity contribution >= 4 is 0 Å². The molecule has 3 atom stereocenters. The van der Waals surface area contributed by atoms with Gasteiger partial charge >= 0.3 is 0 Å². The van der Waals surface area contributed by atoms with E-state index in [0.29, 0.717) is 12.1 Å². The first-order chi connectivity index (χ1) is 9.56.